The maximum atomic E-state index is 12.1. The molecule has 0 heterocycles. The molecule has 0 saturated heterocycles. The second-order valence-corrected chi connectivity index (χ2v) is 6.41. The minimum Gasteiger partial charge on any atom is -0.482 e. The summed E-state index contributed by atoms with van der Waals surface area (Å²) in [5.74, 6) is -0.770. The summed E-state index contributed by atoms with van der Waals surface area (Å²) in [4.78, 5) is 33.9. The molecule has 1 atom stereocenters. The number of aryl methyl sites for hydroxylation is 1. The van der Waals surface area contributed by atoms with E-state index >= 15 is 0 Å². The van der Waals surface area contributed by atoms with Crippen LogP contribution in [0.15, 0.2) is 48.5 Å². The summed E-state index contributed by atoms with van der Waals surface area (Å²) in [5.41, 5.74) is 2.26. The Morgan fingerprint density at radius 1 is 1.11 bits per heavy atom. The topological polar surface area (TPSA) is 108 Å². The molecule has 1 N–H and O–H groups in total. The van der Waals surface area contributed by atoms with E-state index in [1.807, 2.05) is 18.2 Å². The zero-order chi connectivity index (χ0) is 19.9. The first kappa shape index (κ1) is 19.3. The van der Waals surface area contributed by atoms with Gasteiger partial charge < -0.3 is 14.8 Å². The predicted molar refractivity (Wildman–Crippen MR) is 99.8 cm³/mol. The molecule has 0 fully saturated rings. The molecule has 0 unspecified atom stereocenters. The van der Waals surface area contributed by atoms with E-state index in [1.165, 1.54) is 29.8 Å². The summed E-state index contributed by atoms with van der Waals surface area (Å²) in [7, 11) is 0. The number of fused-ring (bicyclic) bond motifs is 1. The standard InChI is InChI=1S/C20H20N2O6/c23-19(21-18-7-3-5-14-4-1-2-6-17(14)18)12-28-20(24)13-27-16-10-8-15(9-11-16)22(25)26/h1-2,4,6,8-11,18H,3,5,7,12-13H2,(H,21,23)/t18-/m1/s1. The summed E-state index contributed by atoms with van der Waals surface area (Å²) >= 11 is 0. The number of hydrogen-bond acceptors (Lipinski definition) is 6. The van der Waals surface area contributed by atoms with E-state index in [0.29, 0.717) is 5.75 Å². The fourth-order valence-corrected chi connectivity index (χ4v) is 3.13. The third-order valence-electron chi connectivity index (χ3n) is 4.47. The van der Waals surface area contributed by atoms with Crippen molar-refractivity contribution in [2.24, 2.45) is 0 Å². The number of nitro groups is 1. The van der Waals surface area contributed by atoms with Gasteiger partial charge in [0.25, 0.3) is 11.6 Å². The van der Waals surface area contributed by atoms with E-state index in [1.54, 1.807) is 0 Å². The molecule has 8 nitrogen and oxygen atoms in total. The molecule has 0 bridgehead atoms. The number of ether oxygens (including phenoxy) is 2. The van der Waals surface area contributed by atoms with Gasteiger partial charge in [-0.3, -0.25) is 14.9 Å². The lowest BCUT2D eigenvalue weighted by atomic mass is 9.88. The molecule has 1 aliphatic carbocycles. The molecule has 0 radical (unpaired) electrons. The summed E-state index contributed by atoms with van der Waals surface area (Å²) < 4.78 is 10.1. The van der Waals surface area contributed by atoms with Crippen LogP contribution < -0.4 is 10.1 Å². The van der Waals surface area contributed by atoms with Crippen LogP contribution in [0.4, 0.5) is 5.69 Å². The lowest BCUT2D eigenvalue weighted by Crippen LogP contribution is -2.34. The van der Waals surface area contributed by atoms with Crippen molar-refractivity contribution >= 4 is 17.6 Å². The number of carbonyl (C=O) groups is 2. The van der Waals surface area contributed by atoms with Crippen LogP contribution in [0.5, 0.6) is 5.75 Å². The van der Waals surface area contributed by atoms with Crippen molar-refractivity contribution in [3.8, 4) is 5.75 Å². The van der Waals surface area contributed by atoms with E-state index in [0.717, 1.165) is 24.8 Å². The number of nitrogens with zero attached hydrogens (tertiary/aromatic N) is 1. The van der Waals surface area contributed by atoms with Gasteiger partial charge in [0.15, 0.2) is 13.2 Å². The van der Waals surface area contributed by atoms with Gasteiger partial charge in [-0.1, -0.05) is 24.3 Å². The molecule has 8 heteroatoms. The molecule has 0 aliphatic heterocycles. The van der Waals surface area contributed by atoms with Crippen molar-refractivity contribution in [2.75, 3.05) is 13.2 Å². The number of hydrogen-bond donors (Lipinski definition) is 1. The van der Waals surface area contributed by atoms with Gasteiger partial charge in [0.1, 0.15) is 5.75 Å². The van der Waals surface area contributed by atoms with Gasteiger partial charge in [-0.05, 0) is 42.5 Å². The second-order valence-electron chi connectivity index (χ2n) is 6.41. The van der Waals surface area contributed by atoms with Gasteiger partial charge >= 0.3 is 5.97 Å². The third kappa shape index (κ3) is 5.06. The summed E-state index contributed by atoms with van der Waals surface area (Å²) in [6.45, 7) is -0.779. The Bertz CT molecular complexity index is 865. The molecule has 1 amide bonds. The van der Waals surface area contributed by atoms with Crippen LogP contribution in [0, 0.1) is 10.1 Å². The van der Waals surface area contributed by atoms with Crippen LogP contribution in [-0.2, 0) is 20.7 Å². The Balaban J connectivity index is 1.42. The number of rotatable bonds is 7. The van der Waals surface area contributed by atoms with Crippen LogP contribution in [0.25, 0.3) is 0 Å². The first-order valence-corrected chi connectivity index (χ1v) is 8.93. The lowest BCUT2D eigenvalue weighted by Gasteiger charge is -2.26. The number of carbonyl (C=O) groups excluding carboxylic acids is 2. The molecule has 0 saturated carbocycles. The summed E-state index contributed by atoms with van der Waals surface area (Å²) in [6, 6.07) is 13.2. The molecule has 28 heavy (non-hydrogen) atoms. The Labute approximate surface area is 161 Å². The van der Waals surface area contributed by atoms with Crippen LogP contribution in [0.3, 0.4) is 0 Å². The largest absolute Gasteiger partial charge is 0.482 e. The van der Waals surface area contributed by atoms with Crippen molar-refractivity contribution in [3.05, 3.63) is 69.8 Å². The van der Waals surface area contributed by atoms with Crippen LogP contribution in [-0.4, -0.2) is 30.0 Å². The molecule has 2 aromatic carbocycles. The van der Waals surface area contributed by atoms with Gasteiger partial charge in [0.2, 0.25) is 0 Å². The van der Waals surface area contributed by atoms with Crippen LogP contribution in [0.2, 0.25) is 0 Å². The third-order valence-corrected chi connectivity index (χ3v) is 4.47. The van der Waals surface area contributed by atoms with E-state index < -0.39 is 17.5 Å². The van der Waals surface area contributed by atoms with Gasteiger partial charge in [0.05, 0.1) is 11.0 Å². The Morgan fingerprint density at radius 2 is 1.86 bits per heavy atom. The van der Waals surface area contributed by atoms with Gasteiger partial charge in [-0.2, -0.15) is 0 Å². The number of non-ortho nitro benzene ring substituents is 1. The first-order chi connectivity index (χ1) is 13.5. The quantitative estimate of drug-likeness (QED) is 0.447. The van der Waals surface area contributed by atoms with Crippen molar-refractivity contribution in [1.82, 2.24) is 5.32 Å². The molecule has 146 valence electrons. The van der Waals surface area contributed by atoms with Gasteiger partial charge in [-0.25, -0.2) is 4.79 Å². The van der Waals surface area contributed by atoms with E-state index in [-0.39, 0.29) is 24.2 Å². The minimum absolute atomic E-state index is 0.0733. The maximum absolute atomic E-state index is 12.1. The minimum atomic E-state index is -0.697. The molecule has 0 spiro atoms. The molecular weight excluding hydrogens is 364 g/mol. The highest BCUT2D eigenvalue weighted by Crippen LogP contribution is 2.29. The predicted octanol–water partition coefficient (Wildman–Crippen LogP) is 2.71. The fraction of sp³-hybridized carbons (Fsp3) is 0.300. The average Bonchev–Trinajstić information content (AvgIpc) is 2.71. The zero-order valence-electron chi connectivity index (χ0n) is 15.1. The summed E-state index contributed by atoms with van der Waals surface area (Å²) in [5, 5.41) is 13.5. The molecule has 0 aromatic heterocycles. The Kier molecular flexibility index (Phi) is 6.21. The number of nitro benzene ring substituents is 1. The monoisotopic (exact) mass is 384 g/mol. The first-order valence-electron chi connectivity index (χ1n) is 8.93. The smallest absolute Gasteiger partial charge is 0.344 e. The van der Waals surface area contributed by atoms with Crippen molar-refractivity contribution in [1.29, 1.82) is 0 Å². The lowest BCUT2D eigenvalue weighted by molar-refractivity contribution is -0.384. The highest BCUT2D eigenvalue weighted by molar-refractivity contribution is 5.81. The molecular formula is C20H20N2O6. The van der Waals surface area contributed by atoms with E-state index in [9.17, 15) is 19.7 Å². The highest BCUT2D eigenvalue weighted by Gasteiger charge is 2.21. The number of benzene rings is 2. The molecule has 2 aromatic rings. The normalized spacial score (nSPS) is 15.2. The highest BCUT2D eigenvalue weighted by atomic mass is 16.6. The van der Waals surface area contributed by atoms with Crippen molar-refractivity contribution < 1.29 is 24.0 Å². The molecule has 3 rings (SSSR count). The van der Waals surface area contributed by atoms with Crippen molar-refractivity contribution in [2.45, 2.75) is 25.3 Å². The average molecular weight is 384 g/mol. The number of esters is 1. The van der Waals surface area contributed by atoms with Crippen LogP contribution >= 0.6 is 0 Å². The van der Waals surface area contributed by atoms with Gasteiger partial charge in [0, 0.05) is 12.1 Å². The van der Waals surface area contributed by atoms with Gasteiger partial charge in [-0.15, -0.1) is 0 Å². The zero-order valence-corrected chi connectivity index (χ0v) is 15.1. The van der Waals surface area contributed by atoms with E-state index in [2.05, 4.69) is 11.4 Å². The number of nitrogens with one attached hydrogen (secondary N) is 1. The number of amides is 1. The Hall–Kier alpha value is -3.42. The fourth-order valence-electron chi connectivity index (χ4n) is 3.13. The maximum Gasteiger partial charge on any atom is 0.344 e. The summed E-state index contributed by atoms with van der Waals surface area (Å²) in [6.07, 6.45) is 2.84. The van der Waals surface area contributed by atoms with Crippen LogP contribution in [0.1, 0.15) is 30.0 Å². The van der Waals surface area contributed by atoms with Crippen molar-refractivity contribution in [3.63, 3.8) is 0 Å². The molecule has 1 aliphatic rings. The second kappa shape index (κ2) is 8.98. The Morgan fingerprint density at radius 3 is 2.61 bits per heavy atom. The SMILES string of the molecule is O=C(COC(=O)COc1ccc([N+](=O)[O-])cc1)N[C@@H]1CCCc2ccccc21. The van der Waals surface area contributed by atoms with E-state index in [4.69, 9.17) is 9.47 Å².